The summed E-state index contributed by atoms with van der Waals surface area (Å²) in [5.74, 6) is -1.87. The first kappa shape index (κ1) is 21.4. The zero-order valence-electron chi connectivity index (χ0n) is 15.9. The van der Waals surface area contributed by atoms with Crippen LogP contribution in [0.4, 0.5) is 0 Å². The number of esters is 2. The van der Waals surface area contributed by atoms with Crippen LogP contribution in [0.1, 0.15) is 44.6 Å². The van der Waals surface area contributed by atoms with Gasteiger partial charge in [-0.25, -0.2) is 0 Å². The van der Waals surface area contributed by atoms with Crippen molar-refractivity contribution >= 4 is 23.8 Å². The van der Waals surface area contributed by atoms with Gasteiger partial charge in [-0.1, -0.05) is 43.7 Å². The molecule has 1 fully saturated rings. The molecule has 1 unspecified atom stereocenters. The van der Waals surface area contributed by atoms with Gasteiger partial charge in [-0.2, -0.15) is 0 Å². The Morgan fingerprint density at radius 3 is 2.36 bits per heavy atom. The van der Waals surface area contributed by atoms with E-state index in [9.17, 15) is 19.2 Å². The zero-order valence-corrected chi connectivity index (χ0v) is 15.9. The van der Waals surface area contributed by atoms with Crippen molar-refractivity contribution < 1.29 is 28.7 Å². The third-order valence-electron chi connectivity index (χ3n) is 4.28. The molecule has 28 heavy (non-hydrogen) atoms. The minimum absolute atomic E-state index is 0.00503. The van der Waals surface area contributed by atoms with E-state index in [-0.39, 0.29) is 25.9 Å². The molecule has 0 aliphatic carbocycles. The number of hydrogen-bond donors (Lipinski definition) is 2. The van der Waals surface area contributed by atoms with E-state index < -0.39 is 35.8 Å². The maximum absolute atomic E-state index is 12.2. The molecular formula is C20H26N2O6. The monoisotopic (exact) mass is 390 g/mol. The molecule has 1 aromatic rings. The molecule has 0 spiro atoms. The third kappa shape index (κ3) is 7.02. The number of unbranched alkanes of at least 4 members (excludes halogenated alkanes) is 1. The Bertz CT molecular complexity index is 691. The second-order valence-corrected chi connectivity index (χ2v) is 6.59. The van der Waals surface area contributed by atoms with Gasteiger partial charge in [0.15, 0.2) is 0 Å². The summed E-state index contributed by atoms with van der Waals surface area (Å²) in [6, 6.07) is 7.47. The average molecular weight is 390 g/mol. The Kier molecular flexibility index (Phi) is 8.45. The molecule has 0 radical (unpaired) electrons. The Labute approximate surface area is 164 Å². The highest BCUT2D eigenvalue weighted by Gasteiger charge is 2.35. The summed E-state index contributed by atoms with van der Waals surface area (Å²) in [7, 11) is 0. The summed E-state index contributed by atoms with van der Waals surface area (Å²) in [4.78, 5) is 47.8. The second kappa shape index (κ2) is 11.1. The molecular weight excluding hydrogens is 364 g/mol. The molecule has 2 amide bonds. The van der Waals surface area contributed by atoms with Crippen molar-refractivity contribution in [3.63, 3.8) is 0 Å². The van der Waals surface area contributed by atoms with Crippen molar-refractivity contribution in [1.82, 2.24) is 10.6 Å². The average Bonchev–Trinajstić information content (AvgIpc) is 2.69. The first-order chi connectivity index (χ1) is 13.5. The van der Waals surface area contributed by atoms with Crippen molar-refractivity contribution in [3.8, 4) is 0 Å². The standard InChI is InChI=1S/C20H26N2O6/c1-2-3-11-27-18(24)12-16-20(26)21-15(19(25)22-16)9-10-17(23)28-13-14-7-5-4-6-8-14/h4-8,15-16H,2-3,9-13H2,1H3,(H,21,26)(H,22,25)/t15-,16?/m0/s1. The summed E-state index contributed by atoms with van der Waals surface area (Å²) >= 11 is 0. The number of benzene rings is 1. The van der Waals surface area contributed by atoms with E-state index >= 15 is 0 Å². The molecule has 2 N–H and O–H groups in total. The van der Waals surface area contributed by atoms with Gasteiger partial charge < -0.3 is 20.1 Å². The molecule has 2 rings (SSSR count). The lowest BCUT2D eigenvalue weighted by molar-refractivity contribution is -0.148. The van der Waals surface area contributed by atoms with Crippen LogP contribution in [0.3, 0.4) is 0 Å². The third-order valence-corrected chi connectivity index (χ3v) is 4.28. The number of nitrogens with one attached hydrogen (secondary N) is 2. The van der Waals surface area contributed by atoms with E-state index in [1.807, 2.05) is 37.3 Å². The Hall–Kier alpha value is -2.90. The van der Waals surface area contributed by atoms with Crippen LogP contribution in [0.2, 0.25) is 0 Å². The molecule has 8 nitrogen and oxygen atoms in total. The molecule has 2 atom stereocenters. The molecule has 0 aromatic heterocycles. The van der Waals surface area contributed by atoms with E-state index in [4.69, 9.17) is 9.47 Å². The van der Waals surface area contributed by atoms with Crippen LogP contribution in [0.15, 0.2) is 30.3 Å². The van der Waals surface area contributed by atoms with Gasteiger partial charge in [0.1, 0.15) is 18.7 Å². The first-order valence-electron chi connectivity index (χ1n) is 9.45. The van der Waals surface area contributed by atoms with Gasteiger partial charge in [0.25, 0.3) is 0 Å². The fourth-order valence-corrected chi connectivity index (χ4v) is 2.65. The van der Waals surface area contributed by atoms with E-state index in [2.05, 4.69) is 10.6 Å². The molecule has 1 aliphatic heterocycles. The molecule has 1 aliphatic rings. The predicted octanol–water partition coefficient (Wildman–Crippen LogP) is 1.23. The largest absolute Gasteiger partial charge is 0.466 e. The van der Waals surface area contributed by atoms with Crippen molar-refractivity contribution in [2.24, 2.45) is 0 Å². The van der Waals surface area contributed by atoms with Crippen molar-refractivity contribution in [3.05, 3.63) is 35.9 Å². The first-order valence-corrected chi connectivity index (χ1v) is 9.45. The maximum Gasteiger partial charge on any atom is 0.308 e. The quantitative estimate of drug-likeness (QED) is 0.459. The lowest BCUT2D eigenvalue weighted by Gasteiger charge is -2.29. The number of carbonyl (C=O) groups excluding carboxylic acids is 4. The van der Waals surface area contributed by atoms with E-state index in [1.54, 1.807) is 0 Å². The molecule has 8 heteroatoms. The topological polar surface area (TPSA) is 111 Å². The van der Waals surface area contributed by atoms with Gasteiger partial charge in [0, 0.05) is 6.42 Å². The molecule has 1 heterocycles. The Balaban J connectivity index is 1.71. The van der Waals surface area contributed by atoms with Crippen LogP contribution in [-0.4, -0.2) is 42.4 Å². The molecule has 152 valence electrons. The van der Waals surface area contributed by atoms with Gasteiger partial charge in [-0.05, 0) is 18.4 Å². The number of carbonyl (C=O) groups is 4. The second-order valence-electron chi connectivity index (χ2n) is 6.59. The van der Waals surface area contributed by atoms with Gasteiger partial charge in [-0.3, -0.25) is 19.2 Å². The van der Waals surface area contributed by atoms with Crippen LogP contribution in [0, 0.1) is 0 Å². The maximum atomic E-state index is 12.2. The lowest BCUT2D eigenvalue weighted by Crippen LogP contribution is -2.62. The molecule has 0 bridgehead atoms. The number of rotatable bonds is 10. The van der Waals surface area contributed by atoms with E-state index in [0.29, 0.717) is 6.61 Å². The smallest absolute Gasteiger partial charge is 0.308 e. The van der Waals surface area contributed by atoms with Crippen LogP contribution < -0.4 is 10.6 Å². The van der Waals surface area contributed by atoms with Crippen molar-refractivity contribution in [2.75, 3.05) is 6.61 Å². The van der Waals surface area contributed by atoms with Gasteiger partial charge in [0.05, 0.1) is 13.0 Å². The van der Waals surface area contributed by atoms with Crippen LogP contribution >= 0.6 is 0 Å². The van der Waals surface area contributed by atoms with Gasteiger partial charge >= 0.3 is 11.9 Å². The summed E-state index contributed by atoms with van der Waals surface area (Å²) in [6.07, 6.45) is 1.54. The summed E-state index contributed by atoms with van der Waals surface area (Å²) in [5.41, 5.74) is 0.869. The lowest BCUT2D eigenvalue weighted by atomic mass is 10.0. The van der Waals surface area contributed by atoms with Crippen LogP contribution in [0.25, 0.3) is 0 Å². The van der Waals surface area contributed by atoms with E-state index in [1.165, 1.54) is 0 Å². The number of ether oxygens (including phenoxy) is 2. The predicted molar refractivity (Wildman–Crippen MR) is 99.8 cm³/mol. The van der Waals surface area contributed by atoms with Gasteiger partial charge in [0.2, 0.25) is 11.8 Å². The van der Waals surface area contributed by atoms with Crippen LogP contribution in [0.5, 0.6) is 0 Å². The summed E-state index contributed by atoms with van der Waals surface area (Å²) in [6.45, 7) is 2.43. The highest BCUT2D eigenvalue weighted by atomic mass is 16.5. The Morgan fingerprint density at radius 1 is 0.964 bits per heavy atom. The number of amides is 2. The minimum Gasteiger partial charge on any atom is -0.466 e. The number of piperazine rings is 1. The highest BCUT2D eigenvalue weighted by Crippen LogP contribution is 2.09. The van der Waals surface area contributed by atoms with E-state index in [0.717, 1.165) is 18.4 Å². The zero-order chi connectivity index (χ0) is 20.4. The Morgan fingerprint density at radius 2 is 1.64 bits per heavy atom. The minimum atomic E-state index is -0.956. The van der Waals surface area contributed by atoms with Crippen molar-refractivity contribution in [2.45, 2.75) is 57.7 Å². The normalized spacial score (nSPS) is 18.8. The summed E-state index contributed by atoms with van der Waals surface area (Å²) in [5, 5.41) is 5.07. The van der Waals surface area contributed by atoms with Gasteiger partial charge in [-0.15, -0.1) is 0 Å². The molecule has 0 saturated carbocycles. The highest BCUT2D eigenvalue weighted by molar-refractivity contribution is 5.98. The molecule has 1 aromatic carbocycles. The SMILES string of the molecule is CCCCOC(=O)CC1NC(=O)[C@H](CCC(=O)OCc2ccccc2)NC1=O. The summed E-state index contributed by atoms with van der Waals surface area (Å²) < 4.78 is 10.2. The molecule has 1 saturated heterocycles. The van der Waals surface area contributed by atoms with Crippen LogP contribution in [-0.2, 0) is 35.3 Å². The fourth-order valence-electron chi connectivity index (χ4n) is 2.65. The van der Waals surface area contributed by atoms with Crippen molar-refractivity contribution in [1.29, 1.82) is 0 Å². The number of hydrogen-bond acceptors (Lipinski definition) is 6. The fraction of sp³-hybridized carbons (Fsp3) is 0.500.